The molecule has 5 atom stereocenters. The van der Waals surface area contributed by atoms with Crippen molar-refractivity contribution in [3.63, 3.8) is 0 Å². The molecule has 0 amide bonds. The van der Waals surface area contributed by atoms with E-state index in [1.54, 1.807) is 6.92 Å². The smallest absolute Gasteiger partial charge is 0.305 e. The third kappa shape index (κ3) is 5.51. The Morgan fingerprint density at radius 1 is 0.652 bits per heavy atom. The average Bonchev–Trinajstić information content (AvgIpc) is 2.36. The zero-order valence-corrected chi connectivity index (χ0v) is 13.6. The number of hydrogen-bond acceptors (Lipinski definition) is 9. The van der Waals surface area contributed by atoms with Crippen LogP contribution < -0.4 is 0 Å². The number of rotatable bonds is 4. The molecule has 0 aromatic rings. The summed E-state index contributed by atoms with van der Waals surface area (Å²) >= 11 is 0. The van der Waals surface area contributed by atoms with Crippen molar-refractivity contribution in [3.8, 4) is 0 Å². The van der Waals surface area contributed by atoms with Gasteiger partial charge >= 0.3 is 23.9 Å². The maximum atomic E-state index is 11.4. The Bertz CT molecular complexity index is 487. The van der Waals surface area contributed by atoms with E-state index in [1.807, 2.05) is 0 Å². The van der Waals surface area contributed by atoms with Gasteiger partial charge in [-0.15, -0.1) is 0 Å². The van der Waals surface area contributed by atoms with E-state index < -0.39 is 54.6 Å². The molecule has 1 saturated heterocycles. The molecule has 0 aromatic carbocycles. The first-order valence-electron chi connectivity index (χ1n) is 6.96. The first-order valence-corrected chi connectivity index (χ1v) is 6.96. The summed E-state index contributed by atoms with van der Waals surface area (Å²) in [6, 6.07) is 0. The molecule has 9 nitrogen and oxygen atoms in total. The predicted octanol–water partition coefficient (Wildman–Crippen LogP) is 0.0894. The third-order valence-electron chi connectivity index (χ3n) is 2.92. The van der Waals surface area contributed by atoms with Crippen LogP contribution in [0.15, 0.2) is 0 Å². The second kappa shape index (κ2) is 7.91. The number of carbonyl (C=O) groups excluding carboxylic acids is 4. The van der Waals surface area contributed by atoms with Gasteiger partial charge in [-0.2, -0.15) is 0 Å². The summed E-state index contributed by atoms with van der Waals surface area (Å²) in [6.07, 6.45) is -5.51. The highest BCUT2D eigenvalue weighted by atomic mass is 16.7. The molecular formula is C14H20O9. The molecule has 9 heteroatoms. The fourth-order valence-electron chi connectivity index (χ4n) is 2.23. The summed E-state index contributed by atoms with van der Waals surface area (Å²) in [6.45, 7) is 6.16. The Balaban J connectivity index is 3.15. The van der Waals surface area contributed by atoms with Crippen molar-refractivity contribution in [1.82, 2.24) is 0 Å². The van der Waals surface area contributed by atoms with Crippen LogP contribution in [0, 0.1) is 0 Å². The Labute approximate surface area is 133 Å². The molecule has 0 spiro atoms. The van der Waals surface area contributed by atoms with Crippen molar-refractivity contribution in [3.05, 3.63) is 0 Å². The van der Waals surface area contributed by atoms with Gasteiger partial charge in [-0.1, -0.05) is 0 Å². The fourth-order valence-corrected chi connectivity index (χ4v) is 2.23. The number of esters is 4. The molecule has 0 N–H and O–H groups in total. The average molecular weight is 332 g/mol. The van der Waals surface area contributed by atoms with Gasteiger partial charge in [-0.25, -0.2) is 0 Å². The summed E-state index contributed by atoms with van der Waals surface area (Å²) in [4.78, 5) is 45.1. The first-order chi connectivity index (χ1) is 10.6. The maximum absolute atomic E-state index is 11.4. The molecule has 0 aliphatic carbocycles. The number of ether oxygens (including phenoxy) is 5. The topological polar surface area (TPSA) is 114 Å². The van der Waals surface area contributed by atoms with Crippen molar-refractivity contribution in [1.29, 1.82) is 0 Å². The number of hydrogen-bond donors (Lipinski definition) is 0. The van der Waals surface area contributed by atoms with Gasteiger partial charge in [-0.3, -0.25) is 19.2 Å². The van der Waals surface area contributed by atoms with Gasteiger partial charge in [0.15, 0.2) is 12.2 Å². The monoisotopic (exact) mass is 332 g/mol. The third-order valence-corrected chi connectivity index (χ3v) is 2.92. The van der Waals surface area contributed by atoms with Crippen LogP contribution in [-0.2, 0) is 42.9 Å². The van der Waals surface area contributed by atoms with Crippen LogP contribution in [0.5, 0.6) is 0 Å². The lowest BCUT2D eigenvalue weighted by Crippen LogP contribution is -2.61. The standard InChI is InChI=1S/C14H20O9/c1-6-11(20-7(2)15)12(21-8(3)16)13(22-9(4)17)14(19-6)23-10(5)18/h6,11-14H,1-5H3/t6-,11+,12+,13-,14+/m1/s1. The SMILES string of the molecule is CC(=O)O[C@@H]1O[C@H](C)[C@H](OC(C)=O)[C@H](OC(C)=O)[C@H]1OC(C)=O. The lowest BCUT2D eigenvalue weighted by atomic mass is 9.99. The van der Waals surface area contributed by atoms with E-state index in [9.17, 15) is 19.2 Å². The molecule has 1 heterocycles. The van der Waals surface area contributed by atoms with Gasteiger partial charge in [-0.05, 0) is 6.92 Å². The summed E-state index contributed by atoms with van der Waals surface area (Å²) in [7, 11) is 0. The molecule has 1 fully saturated rings. The van der Waals surface area contributed by atoms with E-state index >= 15 is 0 Å². The number of carbonyl (C=O) groups is 4. The van der Waals surface area contributed by atoms with Crippen molar-refractivity contribution in [2.24, 2.45) is 0 Å². The molecule has 0 saturated carbocycles. The van der Waals surface area contributed by atoms with Gasteiger partial charge in [0.1, 0.15) is 0 Å². The van der Waals surface area contributed by atoms with E-state index in [1.165, 1.54) is 6.92 Å². The fraction of sp³-hybridized carbons (Fsp3) is 0.714. The molecule has 1 rings (SSSR count). The summed E-state index contributed by atoms with van der Waals surface area (Å²) in [5.74, 6) is -2.69. The Morgan fingerprint density at radius 2 is 1.04 bits per heavy atom. The van der Waals surface area contributed by atoms with Gasteiger partial charge in [0.05, 0.1) is 6.10 Å². The Hall–Kier alpha value is -2.16. The lowest BCUT2D eigenvalue weighted by Gasteiger charge is -2.42. The van der Waals surface area contributed by atoms with Gasteiger partial charge in [0, 0.05) is 27.7 Å². The highest BCUT2D eigenvalue weighted by Gasteiger charge is 2.51. The van der Waals surface area contributed by atoms with Crippen LogP contribution >= 0.6 is 0 Å². The Kier molecular flexibility index (Phi) is 6.49. The minimum Gasteiger partial charge on any atom is -0.456 e. The van der Waals surface area contributed by atoms with Crippen molar-refractivity contribution < 1.29 is 42.9 Å². The minimum atomic E-state index is -1.29. The highest BCUT2D eigenvalue weighted by Crippen LogP contribution is 2.29. The van der Waals surface area contributed by atoms with E-state index in [-0.39, 0.29) is 0 Å². The van der Waals surface area contributed by atoms with Crippen LogP contribution in [0.25, 0.3) is 0 Å². The molecule has 0 bridgehead atoms. The van der Waals surface area contributed by atoms with E-state index in [0.29, 0.717) is 0 Å². The van der Waals surface area contributed by atoms with Crippen LogP contribution in [0.4, 0.5) is 0 Å². The van der Waals surface area contributed by atoms with Gasteiger partial charge in [0.25, 0.3) is 0 Å². The van der Waals surface area contributed by atoms with Gasteiger partial charge < -0.3 is 23.7 Å². The van der Waals surface area contributed by atoms with Crippen molar-refractivity contribution >= 4 is 23.9 Å². The maximum Gasteiger partial charge on any atom is 0.305 e. The summed E-state index contributed by atoms with van der Waals surface area (Å²) < 4.78 is 25.7. The summed E-state index contributed by atoms with van der Waals surface area (Å²) in [5, 5.41) is 0. The van der Waals surface area contributed by atoms with E-state index in [0.717, 1.165) is 20.8 Å². The molecule has 1 aliphatic rings. The van der Waals surface area contributed by atoms with Crippen LogP contribution in [-0.4, -0.2) is 54.6 Å². The second-order valence-corrected chi connectivity index (χ2v) is 5.04. The molecule has 0 radical (unpaired) electrons. The molecule has 0 aromatic heterocycles. The Morgan fingerprint density at radius 3 is 1.48 bits per heavy atom. The zero-order chi connectivity index (χ0) is 17.7. The molecule has 1 aliphatic heterocycles. The van der Waals surface area contributed by atoms with Crippen molar-refractivity contribution in [2.75, 3.05) is 0 Å². The van der Waals surface area contributed by atoms with E-state index in [4.69, 9.17) is 23.7 Å². The van der Waals surface area contributed by atoms with Crippen LogP contribution in [0.3, 0.4) is 0 Å². The minimum absolute atomic E-state index is 0.630. The molecule has 130 valence electrons. The molecule has 23 heavy (non-hydrogen) atoms. The molecule has 0 unspecified atom stereocenters. The summed E-state index contributed by atoms with van der Waals surface area (Å²) in [5.41, 5.74) is 0. The van der Waals surface area contributed by atoms with Crippen molar-refractivity contribution in [2.45, 2.75) is 65.3 Å². The first kappa shape index (κ1) is 18.9. The zero-order valence-electron chi connectivity index (χ0n) is 13.6. The normalized spacial score (nSPS) is 30.0. The molecular weight excluding hydrogens is 312 g/mol. The lowest BCUT2D eigenvalue weighted by molar-refractivity contribution is -0.292. The predicted molar refractivity (Wildman–Crippen MR) is 72.8 cm³/mol. The van der Waals surface area contributed by atoms with Crippen LogP contribution in [0.1, 0.15) is 34.6 Å². The second-order valence-electron chi connectivity index (χ2n) is 5.04. The largest absolute Gasteiger partial charge is 0.456 e. The highest BCUT2D eigenvalue weighted by molar-refractivity contribution is 5.69. The van der Waals surface area contributed by atoms with E-state index in [2.05, 4.69) is 0 Å². The van der Waals surface area contributed by atoms with Crippen LogP contribution in [0.2, 0.25) is 0 Å². The quantitative estimate of drug-likeness (QED) is 0.521. The van der Waals surface area contributed by atoms with Gasteiger partial charge in [0.2, 0.25) is 12.4 Å².